The lowest BCUT2D eigenvalue weighted by atomic mass is 10.0. The molecule has 1 heterocycles. The smallest absolute Gasteiger partial charge is 0.183 e. The monoisotopic (exact) mass is 290 g/mol. The van der Waals surface area contributed by atoms with Gasteiger partial charge < -0.3 is 25.2 Å². The first kappa shape index (κ1) is 10.6. The Kier molecular flexibility index (Phi) is 3.68. The largest absolute Gasteiger partial charge is 0.388 e. The molecule has 1 fully saturated rings. The van der Waals surface area contributed by atoms with Gasteiger partial charge in [-0.3, -0.25) is 0 Å². The van der Waals surface area contributed by atoms with Crippen molar-refractivity contribution in [2.24, 2.45) is 0 Å². The molecule has 1 unspecified atom stereocenters. The van der Waals surface area contributed by atoms with Crippen LogP contribution in [0, 0.1) is 0 Å². The third-order valence-corrected chi connectivity index (χ3v) is 2.71. The van der Waals surface area contributed by atoms with E-state index in [1.807, 2.05) is 22.6 Å². The number of hydrogen-bond donors (Lipinski definition) is 4. The van der Waals surface area contributed by atoms with Gasteiger partial charge in [-0.1, -0.05) is 22.6 Å². The lowest BCUT2D eigenvalue weighted by Gasteiger charge is -2.37. The highest BCUT2D eigenvalue weighted by atomic mass is 127. The van der Waals surface area contributed by atoms with Crippen LogP contribution in [0.1, 0.15) is 0 Å². The molecule has 0 aromatic carbocycles. The number of aliphatic hydroxyl groups is 4. The fraction of sp³-hybridized carbons (Fsp3) is 1.00. The van der Waals surface area contributed by atoms with E-state index in [-0.39, 0.29) is 0 Å². The van der Waals surface area contributed by atoms with E-state index < -0.39 is 30.7 Å². The van der Waals surface area contributed by atoms with Crippen LogP contribution in [0.25, 0.3) is 0 Å². The summed E-state index contributed by atoms with van der Waals surface area (Å²) >= 11 is 1.96. The Bertz CT molecular complexity index is 150. The Labute approximate surface area is 83.1 Å². The molecule has 0 bridgehead atoms. The summed E-state index contributed by atoms with van der Waals surface area (Å²) in [5, 5.41) is 36.5. The summed E-state index contributed by atoms with van der Waals surface area (Å²) < 4.78 is 5.26. The predicted molar refractivity (Wildman–Crippen MR) is 47.8 cm³/mol. The number of aliphatic hydroxyl groups excluding tert-OH is 4. The van der Waals surface area contributed by atoms with Crippen molar-refractivity contribution in [3.05, 3.63) is 0 Å². The van der Waals surface area contributed by atoms with Crippen molar-refractivity contribution in [3.8, 4) is 0 Å². The van der Waals surface area contributed by atoms with Gasteiger partial charge in [0.15, 0.2) is 6.29 Å². The lowest BCUT2D eigenvalue weighted by molar-refractivity contribution is -0.275. The maximum atomic E-state index is 9.27. The molecule has 12 heavy (non-hydrogen) atoms. The van der Waals surface area contributed by atoms with Gasteiger partial charge >= 0.3 is 0 Å². The topological polar surface area (TPSA) is 90.2 Å². The van der Waals surface area contributed by atoms with Gasteiger partial charge in [-0.25, -0.2) is 0 Å². The SMILES string of the molecule is OC1O[C@H](CI)[C@@H](O)[C@@H](O)[C@@H]1O. The molecule has 1 aliphatic heterocycles. The molecule has 5 nitrogen and oxygen atoms in total. The van der Waals surface area contributed by atoms with Crippen LogP contribution < -0.4 is 0 Å². The fourth-order valence-electron chi connectivity index (χ4n) is 1.06. The van der Waals surface area contributed by atoms with E-state index >= 15 is 0 Å². The minimum Gasteiger partial charge on any atom is -0.388 e. The van der Waals surface area contributed by atoms with Crippen molar-refractivity contribution >= 4 is 22.6 Å². The molecule has 72 valence electrons. The van der Waals surface area contributed by atoms with Crippen LogP contribution in [0.2, 0.25) is 0 Å². The highest BCUT2D eigenvalue weighted by molar-refractivity contribution is 14.1. The van der Waals surface area contributed by atoms with Crippen molar-refractivity contribution in [2.45, 2.75) is 30.7 Å². The highest BCUT2D eigenvalue weighted by Crippen LogP contribution is 2.20. The van der Waals surface area contributed by atoms with Crippen molar-refractivity contribution < 1.29 is 25.2 Å². The second-order valence-corrected chi connectivity index (χ2v) is 3.57. The molecule has 1 aliphatic rings. The summed E-state index contributed by atoms with van der Waals surface area (Å²) in [7, 11) is 0. The minimum absolute atomic E-state index is 0.444. The molecule has 0 saturated carbocycles. The average Bonchev–Trinajstić information content (AvgIpc) is 2.08. The second kappa shape index (κ2) is 4.16. The second-order valence-electron chi connectivity index (χ2n) is 2.69. The third kappa shape index (κ3) is 1.88. The number of alkyl halides is 1. The van der Waals surface area contributed by atoms with E-state index in [0.717, 1.165) is 0 Å². The van der Waals surface area contributed by atoms with Crippen LogP contribution in [0.15, 0.2) is 0 Å². The van der Waals surface area contributed by atoms with Gasteiger partial charge in [0.05, 0.1) is 6.10 Å². The Morgan fingerprint density at radius 2 is 1.58 bits per heavy atom. The molecular formula is C6H11IO5. The number of halogens is 1. The maximum absolute atomic E-state index is 9.27. The number of ether oxygens (including phenoxy) is 1. The van der Waals surface area contributed by atoms with E-state index in [9.17, 15) is 10.2 Å². The van der Waals surface area contributed by atoms with E-state index in [1.165, 1.54) is 0 Å². The molecule has 0 radical (unpaired) electrons. The molecule has 5 atom stereocenters. The average molecular weight is 290 g/mol. The maximum Gasteiger partial charge on any atom is 0.183 e. The molecule has 0 aliphatic carbocycles. The normalized spacial score (nSPS) is 49.2. The molecular weight excluding hydrogens is 279 g/mol. The third-order valence-electron chi connectivity index (χ3n) is 1.84. The van der Waals surface area contributed by atoms with Crippen LogP contribution >= 0.6 is 22.6 Å². The first-order chi connectivity index (χ1) is 5.57. The zero-order chi connectivity index (χ0) is 9.30. The first-order valence-corrected chi connectivity index (χ1v) is 5.04. The molecule has 0 spiro atoms. The fourth-order valence-corrected chi connectivity index (χ4v) is 1.79. The summed E-state index contributed by atoms with van der Waals surface area (Å²) in [4.78, 5) is 0. The molecule has 0 aromatic rings. The number of hydrogen-bond acceptors (Lipinski definition) is 5. The summed E-state index contributed by atoms with van der Waals surface area (Å²) in [5.41, 5.74) is 0. The lowest BCUT2D eigenvalue weighted by Crippen LogP contribution is -2.57. The van der Waals surface area contributed by atoms with Gasteiger partial charge in [0.25, 0.3) is 0 Å². The number of rotatable bonds is 1. The molecule has 4 N–H and O–H groups in total. The molecule has 6 heteroatoms. The van der Waals surface area contributed by atoms with E-state index in [4.69, 9.17) is 14.9 Å². The molecule has 0 amide bonds. The van der Waals surface area contributed by atoms with Crippen molar-refractivity contribution in [1.82, 2.24) is 0 Å². The summed E-state index contributed by atoms with van der Waals surface area (Å²) in [6, 6.07) is 0. The van der Waals surface area contributed by atoms with Gasteiger partial charge in [-0.15, -0.1) is 0 Å². The van der Waals surface area contributed by atoms with Crippen LogP contribution in [0.3, 0.4) is 0 Å². The van der Waals surface area contributed by atoms with Crippen LogP contribution in [-0.2, 0) is 4.74 Å². The van der Waals surface area contributed by atoms with Gasteiger partial charge in [0.1, 0.15) is 18.3 Å². The Morgan fingerprint density at radius 3 is 2.08 bits per heavy atom. The van der Waals surface area contributed by atoms with Crippen molar-refractivity contribution in [2.75, 3.05) is 4.43 Å². The van der Waals surface area contributed by atoms with Crippen LogP contribution in [-0.4, -0.2) is 55.6 Å². The minimum atomic E-state index is -1.43. The molecule has 1 saturated heterocycles. The Balaban J connectivity index is 2.63. The van der Waals surface area contributed by atoms with Gasteiger partial charge in [-0.2, -0.15) is 0 Å². The zero-order valence-corrected chi connectivity index (χ0v) is 8.33. The molecule has 1 rings (SSSR count). The van der Waals surface area contributed by atoms with Crippen molar-refractivity contribution in [1.29, 1.82) is 0 Å². The van der Waals surface area contributed by atoms with Crippen molar-refractivity contribution in [3.63, 3.8) is 0 Å². The Morgan fingerprint density at radius 1 is 1.00 bits per heavy atom. The summed E-state index contributed by atoms with van der Waals surface area (Å²) in [6.07, 6.45) is -5.95. The van der Waals surface area contributed by atoms with Gasteiger partial charge in [0, 0.05) is 4.43 Å². The highest BCUT2D eigenvalue weighted by Gasteiger charge is 2.42. The van der Waals surface area contributed by atoms with Crippen LogP contribution in [0.4, 0.5) is 0 Å². The van der Waals surface area contributed by atoms with E-state index in [1.54, 1.807) is 0 Å². The zero-order valence-electron chi connectivity index (χ0n) is 6.17. The standard InChI is InChI=1S/C6H11IO5/c7-1-2-3(8)4(9)5(10)6(11)12-2/h2-6,8-11H,1H2/t2-,3-,4-,5+,6?/m1/s1. The predicted octanol–water partition coefficient (Wildman–Crippen LogP) is -1.78. The molecule has 0 aromatic heterocycles. The quantitative estimate of drug-likeness (QED) is 0.339. The summed E-state index contributed by atoms with van der Waals surface area (Å²) in [5.74, 6) is 0. The van der Waals surface area contributed by atoms with E-state index in [0.29, 0.717) is 4.43 Å². The Hall–Kier alpha value is 0.530. The van der Waals surface area contributed by atoms with Gasteiger partial charge in [-0.05, 0) is 0 Å². The summed E-state index contributed by atoms with van der Waals surface area (Å²) in [6.45, 7) is 0. The van der Waals surface area contributed by atoms with Crippen LogP contribution in [0.5, 0.6) is 0 Å². The first-order valence-electron chi connectivity index (χ1n) is 3.51. The van der Waals surface area contributed by atoms with Gasteiger partial charge in [0.2, 0.25) is 0 Å². The van der Waals surface area contributed by atoms with E-state index in [2.05, 4.69) is 0 Å².